The van der Waals surface area contributed by atoms with E-state index in [4.69, 9.17) is 23.6 Å². The lowest BCUT2D eigenvalue weighted by atomic mass is 29.2. The van der Waals surface area contributed by atoms with Gasteiger partial charge in [0.15, 0.2) is 0 Å². The fraction of sp³-hybridized carbons (Fsp3) is 0. The topological polar surface area (TPSA) is 0 Å². The van der Waals surface area contributed by atoms with E-state index in [0.717, 1.165) is 0 Å². The molecule has 0 radical (unpaired) electrons. The summed E-state index contributed by atoms with van der Waals surface area (Å²) >= 11 is 21.9. The third-order valence-corrected chi connectivity index (χ3v) is 82.0. The van der Waals surface area contributed by atoms with Crippen molar-refractivity contribution >= 4 is 97.9 Å². The molecule has 4 saturated heterocycles. The van der Waals surface area contributed by atoms with Crippen molar-refractivity contribution < 1.29 is 0 Å². The van der Waals surface area contributed by atoms with E-state index in [2.05, 4.69) is 44.0 Å². The standard InChI is InChI=1S/P4S7/c5-3-7-1-2(9-3)10-4(6,8-1)11-3. The van der Waals surface area contributed by atoms with E-state index in [1.165, 1.54) is 0 Å². The van der Waals surface area contributed by atoms with Gasteiger partial charge in [-0.2, -0.15) is 0 Å². The molecule has 0 amide bonds. The first-order valence-corrected chi connectivity index (χ1v) is 21.5. The predicted molar refractivity (Wildman–Crippen MR) is 80.4 cm³/mol. The maximum atomic E-state index is 5.64. The largest absolute Gasteiger partial charge is 0.126 e. The van der Waals surface area contributed by atoms with Gasteiger partial charge in [0, 0.05) is 0 Å². The van der Waals surface area contributed by atoms with E-state index in [-0.39, 0.29) is 12.0 Å². The molecule has 0 aliphatic carbocycles. The highest BCUT2D eigenvalue weighted by molar-refractivity contribution is 9.80. The van der Waals surface area contributed by atoms with Crippen molar-refractivity contribution in [1.82, 2.24) is 0 Å². The zero-order valence-electron chi connectivity index (χ0n) is 4.65. The van der Waals surface area contributed by atoms with Gasteiger partial charge in [0.25, 0.3) is 0 Å². The maximum absolute atomic E-state index is 5.64. The van der Waals surface area contributed by atoms with Gasteiger partial charge in [-0.05, 0) is 11.0 Å². The average Bonchev–Trinajstić information content (AvgIpc) is 2.11. The van der Waals surface area contributed by atoms with Crippen molar-refractivity contribution in [2.75, 3.05) is 0 Å². The van der Waals surface area contributed by atoms with Crippen LogP contribution in [0.15, 0.2) is 0 Å². The summed E-state index contributed by atoms with van der Waals surface area (Å²) in [7, 11) is 0. The number of rotatable bonds is 0. The lowest BCUT2D eigenvalue weighted by Gasteiger charge is -2.26. The third-order valence-electron chi connectivity index (χ3n) is 1.01. The van der Waals surface area contributed by atoms with Gasteiger partial charge in [-0.1, -0.05) is 67.6 Å². The zero-order chi connectivity index (χ0) is 7.69. The molecule has 11 heavy (non-hydrogen) atoms. The molecule has 4 heterocycles. The zero-order valence-corrected chi connectivity index (χ0v) is 13.9. The van der Waals surface area contributed by atoms with Crippen molar-refractivity contribution in [1.29, 1.82) is 0 Å². The quantitative estimate of drug-likeness (QED) is 0.442. The third kappa shape index (κ3) is 1.72. The summed E-state index contributed by atoms with van der Waals surface area (Å²) in [5.74, 6) is 0. The van der Waals surface area contributed by atoms with Gasteiger partial charge in [0.2, 0.25) is 0 Å². The molecule has 0 saturated carbocycles. The Morgan fingerprint density at radius 1 is 0.818 bits per heavy atom. The lowest BCUT2D eigenvalue weighted by Crippen LogP contribution is -1.57. The second-order valence-electron chi connectivity index (χ2n) is 1.78. The molecule has 0 nitrogen and oxygen atoms in total. The van der Waals surface area contributed by atoms with Crippen LogP contribution in [0.3, 0.4) is 0 Å². The molecule has 4 bridgehead atoms. The Morgan fingerprint density at radius 2 is 1.18 bits per heavy atom. The van der Waals surface area contributed by atoms with Gasteiger partial charge < -0.3 is 0 Å². The van der Waals surface area contributed by atoms with E-state index >= 15 is 0 Å². The highest BCUT2D eigenvalue weighted by Crippen LogP contribution is 3.32. The van der Waals surface area contributed by atoms with Crippen molar-refractivity contribution in [3.05, 3.63) is 0 Å². The van der Waals surface area contributed by atoms with Crippen molar-refractivity contribution in [3.8, 4) is 0 Å². The van der Waals surface area contributed by atoms with Gasteiger partial charge >= 0.3 is 0 Å². The Kier molecular flexibility index (Phi) is 2.94. The fourth-order valence-electron chi connectivity index (χ4n) is 0.703. The molecular weight excluding hydrogens is 348 g/mol. The van der Waals surface area contributed by atoms with Gasteiger partial charge in [-0.15, -0.1) is 0 Å². The van der Waals surface area contributed by atoms with Crippen molar-refractivity contribution in [3.63, 3.8) is 0 Å². The Balaban J connectivity index is 2.16. The summed E-state index contributed by atoms with van der Waals surface area (Å²) < 4.78 is -2.10. The lowest BCUT2D eigenvalue weighted by molar-refractivity contribution is 4.95. The molecule has 0 spiro atoms. The van der Waals surface area contributed by atoms with E-state index in [0.29, 0.717) is 0 Å². The van der Waals surface area contributed by atoms with Crippen LogP contribution in [0.4, 0.5) is 0 Å². The van der Waals surface area contributed by atoms with Crippen LogP contribution in [0.25, 0.3) is 0 Å². The van der Waals surface area contributed by atoms with E-state index in [1.807, 2.05) is 11.0 Å². The van der Waals surface area contributed by atoms with E-state index < -0.39 is 7.29 Å². The van der Waals surface area contributed by atoms with Gasteiger partial charge in [-0.3, -0.25) is 0 Å². The summed E-state index contributed by atoms with van der Waals surface area (Å²) in [6.07, 6.45) is 0. The molecule has 0 aromatic carbocycles. The molecular formula is P4S7. The smallest absolute Gasteiger partial charge is 0.0613 e. The van der Waals surface area contributed by atoms with E-state index in [9.17, 15) is 0 Å². The second kappa shape index (κ2) is 3.20. The Bertz CT molecular complexity index is 256. The van der Waals surface area contributed by atoms with Crippen LogP contribution in [0.2, 0.25) is 0 Å². The molecule has 4 fully saturated rings. The van der Waals surface area contributed by atoms with Crippen LogP contribution in [0.5, 0.6) is 0 Å². The van der Waals surface area contributed by atoms with E-state index in [1.54, 1.807) is 0 Å². The Hall–Kier alpha value is 3.91. The van der Waals surface area contributed by atoms with Crippen LogP contribution in [-0.2, 0) is 23.6 Å². The molecule has 0 unspecified atom stereocenters. The summed E-state index contributed by atoms with van der Waals surface area (Å²) in [5.41, 5.74) is 0. The van der Waals surface area contributed by atoms with Crippen LogP contribution >= 0.6 is 74.3 Å². The summed E-state index contributed by atoms with van der Waals surface area (Å²) in [5, 5.41) is 0. The summed E-state index contributed by atoms with van der Waals surface area (Å²) in [4.78, 5) is 0. The second-order valence-corrected chi connectivity index (χ2v) is 48.0. The van der Waals surface area contributed by atoms with Gasteiger partial charge in [-0.25, -0.2) is 0 Å². The summed E-state index contributed by atoms with van der Waals surface area (Å²) in [6.45, 7) is 0. The first kappa shape index (κ1) is 10.1. The van der Waals surface area contributed by atoms with Crippen molar-refractivity contribution in [2.45, 2.75) is 0 Å². The minimum atomic E-state index is -1.05. The molecule has 4 aliphatic rings. The Morgan fingerprint density at radius 3 is 1.45 bits per heavy atom. The van der Waals surface area contributed by atoms with Crippen LogP contribution < -0.4 is 0 Å². The number of hydrogen-bond donors (Lipinski definition) is 0. The molecule has 0 N–H and O–H groups in total. The molecule has 4 rings (SSSR count). The normalized spacial score (nSPS) is 65.8. The molecule has 0 atom stereocenters. The van der Waals surface area contributed by atoms with Crippen LogP contribution in [0.1, 0.15) is 0 Å². The Labute approximate surface area is 96.6 Å². The monoisotopic (exact) mass is 348 g/mol. The summed E-state index contributed by atoms with van der Waals surface area (Å²) in [6, 6.07) is 0.428. The maximum Gasteiger partial charge on any atom is 0.126 e. The first-order valence-electron chi connectivity index (χ1n) is 2.39. The molecule has 0 aromatic rings. The molecule has 62 valence electrons. The fourth-order valence-corrected chi connectivity index (χ4v) is 171. The van der Waals surface area contributed by atoms with Gasteiger partial charge in [0.1, 0.15) is 7.29 Å². The minimum absolute atomic E-state index is 0.214. The average molecular weight is 348 g/mol. The predicted octanol–water partition coefficient (Wildman–Crippen LogP) is 6.68. The van der Waals surface area contributed by atoms with Gasteiger partial charge in [0.05, 0.1) is 12.0 Å². The molecule has 4 aliphatic heterocycles. The molecule has 11 heteroatoms. The highest BCUT2D eigenvalue weighted by Gasteiger charge is 2.59. The highest BCUT2D eigenvalue weighted by atomic mass is 34.1. The van der Waals surface area contributed by atoms with Crippen LogP contribution in [0, 0.1) is 0 Å². The van der Waals surface area contributed by atoms with Crippen molar-refractivity contribution in [2.24, 2.45) is 0 Å². The minimum Gasteiger partial charge on any atom is -0.0613 e. The SMILES string of the molecule is S=P12SP3SP(=S)(SP3S1)S2. The number of hydrogen-bond acceptors (Lipinski definition) is 7. The van der Waals surface area contributed by atoms with Crippen LogP contribution in [-0.4, -0.2) is 0 Å². The molecule has 0 aromatic heterocycles. The first-order chi connectivity index (χ1) is 5.09.